The predicted octanol–water partition coefficient (Wildman–Crippen LogP) is 2.66. The minimum atomic E-state index is -4.04. The van der Waals surface area contributed by atoms with Crippen LogP contribution in [-0.2, 0) is 19.5 Å². The van der Waals surface area contributed by atoms with Crippen molar-refractivity contribution in [2.45, 2.75) is 37.7 Å². The molecule has 3 atom stereocenters. The Kier molecular flexibility index (Phi) is 7.79. The molecule has 0 amide bonds. The summed E-state index contributed by atoms with van der Waals surface area (Å²) in [5.74, 6) is 1.04. The molecule has 35 heavy (non-hydrogen) atoms. The highest BCUT2D eigenvalue weighted by molar-refractivity contribution is 7.93. The number of fused-ring (bicyclic) bond motifs is 3. The molecule has 0 saturated carbocycles. The van der Waals surface area contributed by atoms with Crippen molar-refractivity contribution >= 4 is 27.6 Å². The first kappa shape index (κ1) is 25.2. The summed E-state index contributed by atoms with van der Waals surface area (Å²) in [6.07, 6.45) is 4.17. The van der Waals surface area contributed by atoms with Gasteiger partial charge in [-0.25, -0.2) is 23.4 Å². The highest BCUT2D eigenvalue weighted by Gasteiger charge is 2.36. The van der Waals surface area contributed by atoms with Crippen LogP contribution in [0, 0.1) is 0 Å². The molecule has 14 heteroatoms. The molecule has 0 spiro atoms. The van der Waals surface area contributed by atoms with Crippen LogP contribution in [0.15, 0.2) is 30.7 Å². The van der Waals surface area contributed by atoms with Crippen molar-refractivity contribution in [3.8, 4) is 17.3 Å². The highest BCUT2D eigenvalue weighted by atomic mass is 35.5. The predicted molar refractivity (Wildman–Crippen MR) is 128 cm³/mol. The molecule has 4 heterocycles. The molecule has 1 aliphatic rings. The van der Waals surface area contributed by atoms with Crippen LogP contribution in [-0.4, -0.2) is 70.3 Å². The minimum absolute atomic E-state index is 0.0282. The van der Waals surface area contributed by atoms with Crippen LogP contribution in [0.2, 0.25) is 5.02 Å². The maximum atomic E-state index is 13.5. The Balaban J connectivity index is 1.69. The van der Waals surface area contributed by atoms with E-state index in [0.717, 1.165) is 0 Å². The number of aromatic nitrogens is 6. The van der Waals surface area contributed by atoms with Crippen molar-refractivity contribution in [2.75, 3.05) is 31.7 Å². The summed E-state index contributed by atoms with van der Waals surface area (Å²) in [4.78, 5) is 12.6. The number of nitrogens with zero attached hydrogens (tertiary/aromatic N) is 6. The fourth-order valence-corrected chi connectivity index (χ4v) is 4.85. The molecule has 0 aromatic carbocycles. The molecule has 3 aromatic heterocycles. The van der Waals surface area contributed by atoms with Gasteiger partial charge in [-0.15, -0.1) is 10.2 Å². The van der Waals surface area contributed by atoms with E-state index in [1.807, 2.05) is 6.92 Å². The quantitative estimate of drug-likeness (QED) is 0.421. The lowest BCUT2D eigenvalue weighted by Gasteiger charge is -2.24. The average molecular weight is 524 g/mol. The van der Waals surface area contributed by atoms with Gasteiger partial charge in [0.1, 0.15) is 18.0 Å². The van der Waals surface area contributed by atoms with E-state index in [1.54, 1.807) is 30.0 Å². The molecule has 0 unspecified atom stereocenters. The summed E-state index contributed by atoms with van der Waals surface area (Å²) in [5.41, 5.74) is 0.593. The Labute approximate surface area is 208 Å². The molecule has 1 N–H and O–H groups in total. The van der Waals surface area contributed by atoms with Crippen LogP contribution >= 0.6 is 11.6 Å². The fraction of sp³-hybridized carbons (Fsp3) is 0.476. The Bertz CT molecular complexity index is 1260. The van der Waals surface area contributed by atoms with Crippen molar-refractivity contribution in [1.82, 2.24) is 29.7 Å². The standard InChI is InChI=1S/C21H26ClN7O5S/c1-4-8-33-17(18-24-9-14(22)10-25-18)13(2)35(30,31)28-21-27-26-19-16-6-5-7-23-20(16)34-12-15(11-32-3)29(19)21/h5-7,9-10,13,15,17H,4,8,11-12H2,1-3H3,(H,27,28)/t13-,15+,17+/m0/s1. The number of hydrogen-bond donors (Lipinski definition) is 1. The lowest BCUT2D eigenvalue weighted by atomic mass is 10.2. The zero-order valence-electron chi connectivity index (χ0n) is 19.5. The van der Waals surface area contributed by atoms with Gasteiger partial charge in [-0.05, 0) is 25.5 Å². The molecule has 188 valence electrons. The topological polar surface area (TPSA) is 143 Å². The van der Waals surface area contributed by atoms with E-state index in [1.165, 1.54) is 19.3 Å². The van der Waals surface area contributed by atoms with Gasteiger partial charge in [0.2, 0.25) is 21.9 Å². The third-order valence-electron chi connectivity index (χ3n) is 5.39. The van der Waals surface area contributed by atoms with Gasteiger partial charge < -0.3 is 14.2 Å². The van der Waals surface area contributed by atoms with Gasteiger partial charge >= 0.3 is 0 Å². The second-order valence-electron chi connectivity index (χ2n) is 7.90. The van der Waals surface area contributed by atoms with Crippen molar-refractivity contribution < 1.29 is 22.6 Å². The largest absolute Gasteiger partial charge is 0.475 e. The molecule has 0 bridgehead atoms. The molecular formula is C21H26ClN7O5S. The summed E-state index contributed by atoms with van der Waals surface area (Å²) in [5, 5.41) is 7.64. The number of halogens is 1. The van der Waals surface area contributed by atoms with Gasteiger partial charge in [-0.1, -0.05) is 18.5 Å². The molecule has 1 aliphatic heterocycles. The summed E-state index contributed by atoms with van der Waals surface area (Å²) in [6, 6.07) is 3.12. The molecule has 0 aliphatic carbocycles. The van der Waals surface area contributed by atoms with Crippen LogP contribution in [0.25, 0.3) is 11.4 Å². The summed E-state index contributed by atoms with van der Waals surface area (Å²) in [7, 11) is -2.49. The Morgan fingerprint density at radius 3 is 2.77 bits per heavy atom. The monoisotopic (exact) mass is 523 g/mol. The van der Waals surface area contributed by atoms with Gasteiger partial charge in [0.15, 0.2) is 11.6 Å². The van der Waals surface area contributed by atoms with Gasteiger partial charge in [0, 0.05) is 32.3 Å². The van der Waals surface area contributed by atoms with Crippen LogP contribution in [0.1, 0.15) is 38.2 Å². The van der Waals surface area contributed by atoms with E-state index in [9.17, 15) is 8.42 Å². The lowest BCUT2D eigenvalue weighted by Crippen LogP contribution is -2.34. The molecule has 12 nitrogen and oxygen atoms in total. The van der Waals surface area contributed by atoms with Gasteiger partial charge in [0.05, 0.1) is 23.2 Å². The average Bonchev–Trinajstić information content (AvgIpc) is 3.18. The second kappa shape index (κ2) is 10.8. The van der Waals surface area contributed by atoms with Crippen LogP contribution in [0.4, 0.5) is 5.95 Å². The van der Waals surface area contributed by atoms with Crippen LogP contribution < -0.4 is 9.46 Å². The third-order valence-corrected chi connectivity index (χ3v) is 7.28. The SMILES string of the molecule is CCCO[C@@H](c1ncc(Cl)cn1)[C@H](C)S(=O)(=O)Nc1nnc2n1[C@H](COC)COc1ncccc1-2. The lowest BCUT2D eigenvalue weighted by molar-refractivity contribution is 0.0466. The number of rotatable bonds is 10. The highest BCUT2D eigenvalue weighted by Crippen LogP contribution is 2.35. The van der Waals surface area contributed by atoms with Gasteiger partial charge in [-0.2, -0.15) is 0 Å². The van der Waals surface area contributed by atoms with Crippen LogP contribution in [0.5, 0.6) is 5.88 Å². The maximum absolute atomic E-state index is 13.5. The zero-order valence-corrected chi connectivity index (χ0v) is 21.0. The first-order valence-corrected chi connectivity index (χ1v) is 12.9. The third kappa shape index (κ3) is 5.37. The molecular weight excluding hydrogens is 498 g/mol. The minimum Gasteiger partial charge on any atom is -0.475 e. The molecule has 0 radical (unpaired) electrons. The van der Waals surface area contributed by atoms with E-state index in [4.69, 9.17) is 25.8 Å². The number of hydrogen-bond acceptors (Lipinski definition) is 10. The van der Waals surface area contributed by atoms with Crippen molar-refractivity contribution in [1.29, 1.82) is 0 Å². The number of pyridine rings is 1. The van der Waals surface area contributed by atoms with E-state index in [2.05, 4.69) is 29.9 Å². The molecule has 0 saturated heterocycles. The van der Waals surface area contributed by atoms with Gasteiger partial charge in [-0.3, -0.25) is 9.29 Å². The number of ether oxygens (including phenoxy) is 3. The maximum Gasteiger partial charge on any atom is 0.240 e. The Morgan fingerprint density at radius 2 is 2.06 bits per heavy atom. The van der Waals surface area contributed by atoms with Gasteiger partial charge in [0.25, 0.3) is 0 Å². The summed E-state index contributed by atoms with van der Waals surface area (Å²) >= 11 is 5.90. The van der Waals surface area contributed by atoms with E-state index >= 15 is 0 Å². The van der Waals surface area contributed by atoms with Crippen LogP contribution in [0.3, 0.4) is 0 Å². The fourth-order valence-electron chi connectivity index (χ4n) is 3.65. The number of sulfonamides is 1. The molecule has 3 aromatic rings. The van der Waals surface area contributed by atoms with Crippen molar-refractivity contribution in [3.63, 3.8) is 0 Å². The van der Waals surface area contributed by atoms with E-state index in [-0.39, 0.29) is 25.0 Å². The zero-order chi connectivity index (χ0) is 25.0. The number of anilines is 1. The van der Waals surface area contributed by atoms with Crippen molar-refractivity contribution in [3.05, 3.63) is 41.6 Å². The number of methoxy groups -OCH3 is 1. The van der Waals surface area contributed by atoms with E-state index < -0.39 is 27.4 Å². The first-order chi connectivity index (χ1) is 16.9. The first-order valence-electron chi connectivity index (χ1n) is 11.0. The normalized spacial score (nSPS) is 17.0. The Hall–Kier alpha value is -2.87. The Morgan fingerprint density at radius 1 is 1.29 bits per heavy atom. The summed E-state index contributed by atoms with van der Waals surface area (Å²) < 4.78 is 48.2. The summed E-state index contributed by atoms with van der Waals surface area (Å²) in [6.45, 7) is 4.20. The van der Waals surface area contributed by atoms with Crippen molar-refractivity contribution in [2.24, 2.45) is 0 Å². The number of nitrogens with one attached hydrogen (secondary N) is 1. The smallest absolute Gasteiger partial charge is 0.240 e. The second-order valence-corrected chi connectivity index (χ2v) is 10.4. The molecule has 0 fully saturated rings. The van der Waals surface area contributed by atoms with E-state index in [0.29, 0.717) is 35.3 Å². The molecule has 4 rings (SSSR count).